The van der Waals surface area contributed by atoms with Gasteiger partial charge in [0.2, 0.25) is 17.7 Å². The highest BCUT2D eigenvalue weighted by molar-refractivity contribution is 9.09. The molecule has 0 saturated carbocycles. The fourth-order valence-corrected chi connectivity index (χ4v) is 6.47. The molecule has 0 radical (unpaired) electrons. The zero-order valence-electron chi connectivity index (χ0n) is 17.3. The summed E-state index contributed by atoms with van der Waals surface area (Å²) in [6.07, 6.45) is -0.0943. The van der Waals surface area contributed by atoms with E-state index in [2.05, 4.69) is 36.9 Å². The van der Waals surface area contributed by atoms with Crippen LogP contribution in [0.5, 0.6) is 0 Å². The number of amides is 3. The number of fused-ring (bicyclic) bond motifs is 2. The maximum atomic E-state index is 13.4. The summed E-state index contributed by atoms with van der Waals surface area (Å²) in [5, 5.41) is 23.2. The number of aliphatic hydroxyl groups is 1. The van der Waals surface area contributed by atoms with Crippen LogP contribution in [0.15, 0.2) is 24.3 Å². The van der Waals surface area contributed by atoms with Crippen LogP contribution in [0.4, 0.5) is 0 Å². The molecule has 12 heteroatoms. The summed E-state index contributed by atoms with van der Waals surface area (Å²) in [5.74, 6) is -2.55. The lowest BCUT2D eigenvalue weighted by atomic mass is 9.70. The molecule has 3 aliphatic heterocycles. The molecule has 3 aliphatic rings. The number of benzene rings is 1. The number of nitrogens with zero attached hydrogens (tertiary/aromatic N) is 4. The predicted octanol–water partition coefficient (Wildman–Crippen LogP) is -1.01. The third-order valence-corrected chi connectivity index (χ3v) is 7.60. The number of nitrogens with one attached hydrogen (secondary N) is 2. The number of para-hydroxylation sites is 1. The Kier molecular flexibility index (Phi) is 5.18. The first-order valence-corrected chi connectivity index (χ1v) is 11.3. The predicted molar refractivity (Wildman–Crippen MR) is 114 cm³/mol. The second-order valence-electron chi connectivity index (χ2n) is 8.31. The molecule has 3 amide bonds. The topological polar surface area (TPSA) is 139 Å². The van der Waals surface area contributed by atoms with Crippen molar-refractivity contribution in [2.75, 3.05) is 20.2 Å². The van der Waals surface area contributed by atoms with Gasteiger partial charge in [0.15, 0.2) is 0 Å². The van der Waals surface area contributed by atoms with Crippen molar-refractivity contribution in [2.45, 2.75) is 35.7 Å². The molecule has 2 aromatic rings. The number of likely N-dealkylation sites (tertiary alicyclic amines) is 1. The molecule has 3 fully saturated rings. The summed E-state index contributed by atoms with van der Waals surface area (Å²) in [5.41, 5.74) is 0.319. The van der Waals surface area contributed by atoms with Gasteiger partial charge in [-0.15, -0.1) is 5.10 Å². The van der Waals surface area contributed by atoms with Gasteiger partial charge in [-0.05, 0) is 18.6 Å². The highest BCUT2D eigenvalue weighted by atomic mass is 79.9. The van der Waals surface area contributed by atoms with Gasteiger partial charge in [0, 0.05) is 18.4 Å². The van der Waals surface area contributed by atoms with Crippen LogP contribution in [0.1, 0.15) is 6.42 Å². The van der Waals surface area contributed by atoms with Crippen molar-refractivity contribution < 1.29 is 24.2 Å². The third-order valence-electron chi connectivity index (χ3n) is 6.75. The standard InChI is InChI=1S/C20H23BrN6O5/c1-22-17(29)13-14-19(31)26(6-7-28)16(20(14)8-10(21)15(13)32-20)18(30)23-9-27-12-5-3-2-4-11(12)24-25-27/h2-5,10,13-16,28H,6-9H2,1H3,(H,22,29)(H,23,30)/t10?,13-,14-,15-,16?,20?/m0/s1. The van der Waals surface area contributed by atoms with Gasteiger partial charge in [-0.2, -0.15) is 0 Å². The van der Waals surface area contributed by atoms with E-state index in [1.54, 1.807) is 4.68 Å². The number of aliphatic hydroxyl groups excluding tert-OH is 1. The minimum Gasteiger partial charge on any atom is -0.395 e. The fourth-order valence-electron chi connectivity index (χ4n) is 5.53. The molecule has 2 bridgehead atoms. The summed E-state index contributed by atoms with van der Waals surface area (Å²) >= 11 is 3.58. The maximum absolute atomic E-state index is 13.4. The van der Waals surface area contributed by atoms with Crippen molar-refractivity contribution in [2.24, 2.45) is 11.8 Å². The molecule has 11 nitrogen and oxygen atoms in total. The lowest BCUT2D eigenvalue weighted by Crippen LogP contribution is -2.56. The van der Waals surface area contributed by atoms with Gasteiger partial charge in [0.1, 0.15) is 23.8 Å². The molecule has 0 aliphatic carbocycles. The Bertz CT molecular complexity index is 1090. The second-order valence-corrected chi connectivity index (χ2v) is 9.49. The zero-order chi connectivity index (χ0) is 22.6. The Labute approximate surface area is 191 Å². The van der Waals surface area contributed by atoms with Crippen LogP contribution in [0, 0.1) is 11.8 Å². The first kappa shape index (κ1) is 21.3. The summed E-state index contributed by atoms with van der Waals surface area (Å²) in [6.45, 7) is -0.279. The molecule has 3 saturated heterocycles. The molecule has 1 spiro atoms. The number of hydrogen-bond donors (Lipinski definition) is 3. The first-order valence-electron chi connectivity index (χ1n) is 10.4. The average Bonchev–Trinajstić information content (AvgIpc) is 3.50. The van der Waals surface area contributed by atoms with E-state index in [0.29, 0.717) is 11.9 Å². The van der Waals surface area contributed by atoms with Crippen molar-refractivity contribution in [1.29, 1.82) is 0 Å². The Morgan fingerprint density at radius 1 is 1.34 bits per heavy atom. The van der Waals surface area contributed by atoms with Crippen LogP contribution in [-0.2, 0) is 25.8 Å². The Balaban J connectivity index is 1.45. The highest BCUT2D eigenvalue weighted by Gasteiger charge is 2.76. The molecule has 32 heavy (non-hydrogen) atoms. The average molecular weight is 507 g/mol. The van der Waals surface area contributed by atoms with Gasteiger partial charge in [0.05, 0.1) is 30.1 Å². The molecular formula is C20H23BrN6O5. The number of halogens is 1. The number of ether oxygens (including phenoxy) is 1. The van der Waals surface area contributed by atoms with Gasteiger partial charge in [-0.3, -0.25) is 14.4 Å². The summed E-state index contributed by atoms with van der Waals surface area (Å²) in [4.78, 5) is 40.6. The van der Waals surface area contributed by atoms with Gasteiger partial charge in [-0.25, -0.2) is 4.68 Å². The molecular weight excluding hydrogens is 484 g/mol. The van der Waals surface area contributed by atoms with E-state index in [1.807, 2.05) is 24.3 Å². The zero-order valence-corrected chi connectivity index (χ0v) is 18.9. The van der Waals surface area contributed by atoms with Crippen molar-refractivity contribution in [3.05, 3.63) is 24.3 Å². The highest BCUT2D eigenvalue weighted by Crippen LogP contribution is 2.59. The summed E-state index contributed by atoms with van der Waals surface area (Å²) < 4.78 is 7.83. The van der Waals surface area contributed by atoms with Crippen LogP contribution in [0.2, 0.25) is 0 Å². The number of rotatable bonds is 6. The molecule has 3 N–H and O–H groups in total. The Morgan fingerprint density at radius 2 is 2.12 bits per heavy atom. The van der Waals surface area contributed by atoms with E-state index in [9.17, 15) is 19.5 Å². The fraction of sp³-hybridized carbons (Fsp3) is 0.550. The van der Waals surface area contributed by atoms with Crippen molar-refractivity contribution in [3.8, 4) is 0 Å². The Hall–Kier alpha value is -2.57. The molecule has 3 unspecified atom stereocenters. The van der Waals surface area contributed by atoms with Crippen LogP contribution in [-0.4, -0.2) is 85.5 Å². The normalized spacial score (nSPS) is 33.0. The monoisotopic (exact) mass is 506 g/mol. The van der Waals surface area contributed by atoms with E-state index in [-0.39, 0.29) is 36.5 Å². The molecule has 1 aromatic carbocycles. The minimum absolute atomic E-state index is 0.0249. The quantitative estimate of drug-likeness (QED) is 0.426. The molecule has 170 valence electrons. The first-order chi connectivity index (χ1) is 15.4. The third kappa shape index (κ3) is 2.89. The van der Waals surface area contributed by atoms with Crippen LogP contribution in [0.25, 0.3) is 11.0 Å². The summed E-state index contributed by atoms with van der Waals surface area (Å²) in [6, 6.07) is 6.40. The smallest absolute Gasteiger partial charge is 0.247 e. The number of hydrogen-bond acceptors (Lipinski definition) is 7. The Morgan fingerprint density at radius 3 is 2.88 bits per heavy atom. The van der Waals surface area contributed by atoms with E-state index < -0.39 is 35.5 Å². The van der Waals surface area contributed by atoms with Crippen LogP contribution in [0.3, 0.4) is 0 Å². The van der Waals surface area contributed by atoms with Crippen molar-refractivity contribution in [1.82, 2.24) is 30.5 Å². The van der Waals surface area contributed by atoms with Gasteiger partial charge in [-0.1, -0.05) is 33.3 Å². The maximum Gasteiger partial charge on any atom is 0.247 e. The lowest BCUT2D eigenvalue weighted by Gasteiger charge is -2.33. The summed E-state index contributed by atoms with van der Waals surface area (Å²) in [7, 11) is 1.52. The number of carbonyl (C=O) groups excluding carboxylic acids is 3. The molecule has 1 aromatic heterocycles. The van der Waals surface area contributed by atoms with E-state index in [4.69, 9.17) is 4.74 Å². The van der Waals surface area contributed by atoms with Gasteiger partial charge < -0.3 is 25.4 Å². The second kappa shape index (κ2) is 7.78. The molecule has 4 heterocycles. The van der Waals surface area contributed by atoms with Gasteiger partial charge >= 0.3 is 0 Å². The van der Waals surface area contributed by atoms with Crippen molar-refractivity contribution >= 4 is 44.7 Å². The van der Waals surface area contributed by atoms with Crippen molar-refractivity contribution in [3.63, 3.8) is 0 Å². The van der Waals surface area contributed by atoms with E-state index in [1.165, 1.54) is 11.9 Å². The van der Waals surface area contributed by atoms with Crippen LogP contribution >= 0.6 is 15.9 Å². The molecule has 6 atom stereocenters. The molecule has 5 rings (SSSR count). The van der Waals surface area contributed by atoms with E-state index in [0.717, 1.165) is 5.52 Å². The number of alkyl halides is 1. The minimum atomic E-state index is -1.14. The largest absolute Gasteiger partial charge is 0.395 e. The van der Waals surface area contributed by atoms with E-state index >= 15 is 0 Å². The SMILES string of the molecule is CNC(=O)[C@H]1[C@H]2C(=O)N(CCO)C(C(=O)NCn3nnc4ccccc43)C23CC(Br)[C@@H]1O3. The van der Waals surface area contributed by atoms with Crippen LogP contribution < -0.4 is 10.6 Å². The number of carbonyl (C=O) groups is 3. The van der Waals surface area contributed by atoms with Gasteiger partial charge in [0.25, 0.3) is 0 Å². The number of aromatic nitrogens is 3. The number of β-amino-alcohol motifs (C(OH)–C–C–N with tert-alkyl or cyclic N) is 1. The lowest BCUT2D eigenvalue weighted by molar-refractivity contribution is -0.142.